The van der Waals surface area contributed by atoms with Gasteiger partial charge in [-0.1, -0.05) is 11.8 Å². The summed E-state index contributed by atoms with van der Waals surface area (Å²) >= 11 is 3.53. The minimum atomic E-state index is 0.901. The van der Waals surface area contributed by atoms with Crippen LogP contribution in [0.15, 0.2) is 5.16 Å². The molecule has 3 nitrogen and oxygen atoms in total. The highest BCUT2D eigenvalue weighted by atomic mass is 32.2. The Bertz CT molecular complexity index is 617. The molecule has 3 rings (SSSR count). The van der Waals surface area contributed by atoms with Gasteiger partial charge in [0.25, 0.3) is 0 Å². The smallest absolute Gasteiger partial charge is 0.190 e. The van der Waals surface area contributed by atoms with Crippen molar-refractivity contribution in [3.8, 4) is 0 Å². The van der Waals surface area contributed by atoms with Gasteiger partial charge in [-0.05, 0) is 51.3 Å². The Hall–Kier alpha value is -0.810. The van der Waals surface area contributed by atoms with Crippen LogP contribution in [-0.4, -0.2) is 29.3 Å². The molecule has 5 heteroatoms. The molecular weight excluding hydrogens is 286 g/mol. The fraction of sp³-hybridized carbons (Fsp3) is 0.600. The first kappa shape index (κ1) is 14.1. The van der Waals surface area contributed by atoms with Crippen LogP contribution in [0.2, 0.25) is 0 Å². The Kier molecular flexibility index (Phi) is 4.17. The van der Waals surface area contributed by atoms with E-state index in [0.29, 0.717) is 0 Å². The second kappa shape index (κ2) is 5.90. The van der Waals surface area contributed by atoms with E-state index in [-0.39, 0.29) is 0 Å². The predicted molar refractivity (Wildman–Crippen MR) is 89.4 cm³/mol. The zero-order valence-electron chi connectivity index (χ0n) is 12.4. The summed E-state index contributed by atoms with van der Waals surface area (Å²) < 4.78 is 0. The molecule has 0 fully saturated rings. The van der Waals surface area contributed by atoms with E-state index in [2.05, 4.69) is 25.0 Å². The highest BCUT2D eigenvalue weighted by molar-refractivity contribution is 7.98. The van der Waals surface area contributed by atoms with Gasteiger partial charge in [0.1, 0.15) is 10.6 Å². The average molecular weight is 307 g/mol. The van der Waals surface area contributed by atoms with Crippen LogP contribution >= 0.6 is 23.1 Å². The van der Waals surface area contributed by atoms with Crippen LogP contribution in [0.4, 0.5) is 5.82 Å². The van der Waals surface area contributed by atoms with E-state index in [1.807, 2.05) is 11.3 Å². The molecule has 2 aromatic rings. The molecule has 20 heavy (non-hydrogen) atoms. The molecule has 0 bridgehead atoms. The van der Waals surface area contributed by atoms with Gasteiger partial charge in [0.05, 0.1) is 5.39 Å². The number of aryl methyl sites for hydroxylation is 2. The van der Waals surface area contributed by atoms with Gasteiger partial charge < -0.3 is 4.90 Å². The van der Waals surface area contributed by atoms with Crippen LogP contribution in [0, 0.1) is 0 Å². The minimum Gasteiger partial charge on any atom is -0.356 e. The van der Waals surface area contributed by atoms with E-state index in [1.165, 1.54) is 41.5 Å². The van der Waals surface area contributed by atoms with Gasteiger partial charge >= 0.3 is 0 Å². The van der Waals surface area contributed by atoms with E-state index < -0.39 is 0 Å². The second-order valence-electron chi connectivity index (χ2n) is 5.10. The lowest BCUT2D eigenvalue weighted by molar-refractivity contribution is 0.699. The number of nitrogens with zero attached hydrogens (tertiary/aromatic N) is 3. The molecule has 0 aromatic carbocycles. The van der Waals surface area contributed by atoms with E-state index in [4.69, 9.17) is 9.97 Å². The molecule has 1 aliphatic rings. The fourth-order valence-electron chi connectivity index (χ4n) is 2.96. The average Bonchev–Trinajstić information content (AvgIpc) is 2.86. The molecule has 0 radical (unpaired) electrons. The number of hydrogen-bond acceptors (Lipinski definition) is 5. The summed E-state index contributed by atoms with van der Waals surface area (Å²) in [6.45, 7) is 6.41. The van der Waals surface area contributed by atoms with Crippen molar-refractivity contribution in [1.82, 2.24) is 9.97 Å². The number of fused-ring (bicyclic) bond motifs is 3. The third kappa shape index (κ3) is 2.31. The number of rotatable bonds is 4. The van der Waals surface area contributed by atoms with Crippen molar-refractivity contribution in [2.75, 3.05) is 24.2 Å². The largest absolute Gasteiger partial charge is 0.356 e. The predicted octanol–water partition coefficient (Wildman–Crippen LogP) is 4.14. The van der Waals surface area contributed by atoms with Crippen molar-refractivity contribution < 1.29 is 0 Å². The fourth-order valence-corrected chi connectivity index (χ4v) is 4.64. The summed E-state index contributed by atoms with van der Waals surface area (Å²) in [6.07, 6.45) is 7.11. The number of hydrogen-bond donors (Lipinski definition) is 0. The quantitative estimate of drug-likeness (QED) is 0.627. The molecule has 108 valence electrons. The summed E-state index contributed by atoms with van der Waals surface area (Å²) in [5.74, 6) is 1.16. The maximum absolute atomic E-state index is 4.83. The number of anilines is 1. The normalized spacial score (nSPS) is 14.6. The van der Waals surface area contributed by atoms with Gasteiger partial charge in [0.2, 0.25) is 0 Å². The van der Waals surface area contributed by atoms with Crippen molar-refractivity contribution in [3.63, 3.8) is 0 Å². The lowest BCUT2D eigenvalue weighted by Crippen LogP contribution is -2.23. The molecular formula is C15H21N3S2. The molecule has 0 spiro atoms. The molecule has 0 aliphatic heterocycles. The Morgan fingerprint density at radius 1 is 1.15 bits per heavy atom. The molecule has 0 unspecified atom stereocenters. The maximum atomic E-state index is 4.83. The van der Waals surface area contributed by atoms with Crippen molar-refractivity contribution in [3.05, 3.63) is 10.4 Å². The first-order valence-electron chi connectivity index (χ1n) is 7.39. The van der Waals surface area contributed by atoms with Gasteiger partial charge in [-0.3, -0.25) is 0 Å². The highest BCUT2D eigenvalue weighted by Crippen LogP contribution is 2.40. The van der Waals surface area contributed by atoms with Gasteiger partial charge in [-0.2, -0.15) is 0 Å². The lowest BCUT2D eigenvalue weighted by atomic mass is 9.97. The molecule has 0 saturated carbocycles. The Morgan fingerprint density at radius 2 is 1.90 bits per heavy atom. The van der Waals surface area contributed by atoms with Crippen molar-refractivity contribution in [2.45, 2.75) is 44.7 Å². The lowest BCUT2D eigenvalue weighted by Gasteiger charge is -2.22. The summed E-state index contributed by atoms with van der Waals surface area (Å²) in [5.41, 5.74) is 1.53. The summed E-state index contributed by atoms with van der Waals surface area (Å²) in [4.78, 5) is 14.7. The maximum Gasteiger partial charge on any atom is 0.190 e. The van der Waals surface area contributed by atoms with Gasteiger partial charge in [-0.15, -0.1) is 11.3 Å². The summed E-state index contributed by atoms with van der Waals surface area (Å²) in [6, 6.07) is 0. The first-order valence-corrected chi connectivity index (χ1v) is 9.43. The van der Waals surface area contributed by atoms with Crippen LogP contribution in [0.1, 0.15) is 37.1 Å². The molecule has 1 aliphatic carbocycles. The van der Waals surface area contributed by atoms with Crippen molar-refractivity contribution in [1.29, 1.82) is 0 Å². The highest BCUT2D eigenvalue weighted by Gasteiger charge is 2.22. The van der Waals surface area contributed by atoms with Crippen LogP contribution in [0.25, 0.3) is 10.2 Å². The van der Waals surface area contributed by atoms with E-state index in [9.17, 15) is 0 Å². The Labute approximate surface area is 128 Å². The molecule has 0 atom stereocenters. The standard InChI is InChI=1S/C15H21N3S2/c1-4-18(5-2)13-12-10-8-6-7-9-11(10)20-14(12)17-15(16-13)19-3/h4-9H2,1-3H3. The van der Waals surface area contributed by atoms with Crippen molar-refractivity contribution in [2.24, 2.45) is 0 Å². The van der Waals surface area contributed by atoms with E-state index >= 15 is 0 Å². The molecule has 0 N–H and O–H groups in total. The molecule has 0 saturated heterocycles. The topological polar surface area (TPSA) is 29.0 Å². The SMILES string of the molecule is CCN(CC)c1nc(SC)nc2sc3c(c12)CCCC3. The first-order chi connectivity index (χ1) is 9.78. The Morgan fingerprint density at radius 3 is 2.60 bits per heavy atom. The molecule has 0 amide bonds. The van der Waals surface area contributed by atoms with Crippen LogP contribution in [0.3, 0.4) is 0 Å². The summed E-state index contributed by atoms with van der Waals surface area (Å²) in [7, 11) is 0. The zero-order chi connectivity index (χ0) is 14.1. The monoisotopic (exact) mass is 307 g/mol. The van der Waals surface area contributed by atoms with Crippen molar-refractivity contribution >= 4 is 39.1 Å². The van der Waals surface area contributed by atoms with Gasteiger partial charge in [-0.25, -0.2) is 9.97 Å². The zero-order valence-corrected chi connectivity index (χ0v) is 14.0. The minimum absolute atomic E-state index is 0.901. The third-order valence-corrected chi connectivity index (χ3v) is 5.75. The van der Waals surface area contributed by atoms with Gasteiger partial charge in [0.15, 0.2) is 5.16 Å². The third-order valence-electron chi connectivity index (χ3n) is 4.02. The van der Waals surface area contributed by atoms with Crippen LogP contribution in [-0.2, 0) is 12.8 Å². The van der Waals surface area contributed by atoms with Crippen LogP contribution < -0.4 is 4.90 Å². The Balaban J connectivity index is 2.26. The number of thiophene rings is 1. The molecule has 2 heterocycles. The number of aromatic nitrogens is 2. The van der Waals surface area contributed by atoms with Crippen LogP contribution in [0.5, 0.6) is 0 Å². The molecule has 2 aromatic heterocycles. The van der Waals surface area contributed by atoms with E-state index in [1.54, 1.807) is 16.6 Å². The second-order valence-corrected chi connectivity index (χ2v) is 6.95. The number of thioether (sulfide) groups is 1. The summed E-state index contributed by atoms with van der Waals surface area (Å²) in [5, 5.41) is 2.24. The van der Waals surface area contributed by atoms with Gasteiger partial charge in [0, 0.05) is 18.0 Å². The van der Waals surface area contributed by atoms with E-state index in [0.717, 1.165) is 24.1 Å².